The number of halogens is 1. The molecule has 0 aliphatic rings. The SMILES string of the molecule is CCc1nn(C)cc1CNc1cc(C(=O)O)c(N)cc1F. The summed E-state index contributed by atoms with van der Waals surface area (Å²) < 4.78 is 15.5. The van der Waals surface area contributed by atoms with Gasteiger partial charge in [-0.1, -0.05) is 6.92 Å². The minimum Gasteiger partial charge on any atom is -0.478 e. The summed E-state index contributed by atoms with van der Waals surface area (Å²) in [6.07, 6.45) is 2.61. The fourth-order valence-corrected chi connectivity index (χ4v) is 2.13. The monoisotopic (exact) mass is 292 g/mol. The average molecular weight is 292 g/mol. The van der Waals surface area contributed by atoms with Gasteiger partial charge in [0.1, 0.15) is 5.82 Å². The van der Waals surface area contributed by atoms with Crippen LogP contribution in [0, 0.1) is 5.82 Å². The van der Waals surface area contributed by atoms with Crippen LogP contribution in [0.25, 0.3) is 0 Å². The van der Waals surface area contributed by atoms with Crippen LogP contribution in [0.4, 0.5) is 15.8 Å². The number of nitrogens with one attached hydrogen (secondary N) is 1. The van der Waals surface area contributed by atoms with Gasteiger partial charge in [0, 0.05) is 31.0 Å². The molecule has 0 unspecified atom stereocenters. The summed E-state index contributed by atoms with van der Waals surface area (Å²) in [6, 6.07) is 2.21. The number of anilines is 2. The van der Waals surface area contributed by atoms with E-state index in [1.807, 2.05) is 20.2 Å². The standard InChI is InChI=1S/C14H17FN4O2/c1-3-12-8(7-19(2)18-12)6-17-13-4-9(14(20)21)11(16)5-10(13)15/h4-5,7,17H,3,6,16H2,1-2H3,(H,20,21). The molecule has 2 aromatic rings. The highest BCUT2D eigenvalue weighted by Gasteiger charge is 2.14. The number of carbonyl (C=O) groups is 1. The van der Waals surface area contributed by atoms with E-state index < -0.39 is 11.8 Å². The zero-order valence-corrected chi connectivity index (χ0v) is 11.9. The molecule has 2 rings (SSSR count). The van der Waals surface area contributed by atoms with Crippen molar-refractivity contribution >= 4 is 17.3 Å². The molecule has 0 radical (unpaired) electrons. The van der Waals surface area contributed by atoms with E-state index in [1.54, 1.807) is 4.68 Å². The number of rotatable bonds is 5. The highest BCUT2D eigenvalue weighted by Crippen LogP contribution is 2.23. The van der Waals surface area contributed by atoms with Crippen LogP contribution in [-0.4, -0.2) is 20.9 Å². The van der Waals surface area contributed by atoms with E-state index in [1.165, 1.54) is 6.07 Å². The average Bonchev–Trinajstić information content (AvgIpc) is 2.77. The summed E-state index contributed by atoms with van der Waals surface area (Å²) >= 11 is 0. The second kappa shape index (κ2) is 5.82. The molecular weight excluding hydrogens is 275 g/mol. The normalized spacial score (nSPS) is 10.6. The van der Waals surface area contributed by atoms with Crippen molar-refractivity contribution in [2.75, 3.05) is 11.1 Å². The van der Waals surface area contributed by atoms with Crippen molar-refractivity contribution in [3.8, 4) is 0 Å². The number of hydrogen-bond acceptors (Lipinski definition) is 4. The first-order valence-electron chi connectivity index (χ1n) is 6.50. The van der Waals surface area contributed by atoms with Gasteiger partial charge in [-0.25, -0.2) is 9.18 Å². The first-order valence-corrected chi connectivity index (χ1v) is 6.50. The number of aromatic nitrogens is 2. The molecule has 112 valence electrons. The Labute approximate surface area is 121 Å². The number of nitrogen functional groups attached to an aromatic ring is 1. The van der Waals surface area contributed by atoms with Gasteiger partial charge >= 0.3 is 5.97 Å². The molecule has 21 heavy (non-hydrogen) atoms. The van der Waals surface area contributed by atoms with Gasteiger partial charge in [-0.15, -0.1) is 0 Å². The van der Waals surface area contributed by atoms with Gasteiger partial charge in [0.05, 0.1) is 16.9 Å². The van der Waals surface area contributed by atoms with Gasteiger partial charge in [-0.05, 0) is 18.6 Å². The number of nitrogens with zero attached hydrogens (tertiary/aromatic N) is 2. The van der Waals surface area contributed by atoms with E-state index in [2.05, 4.69) is 10.4 Å². The van der Waals surface area contributed by atoms with E-state index in [-0.39, 0.29) is 16.9 Å². The number of benzene rings is 1. The zero-order valence-electron chi connectivity index (χ0n) is 11.9. The molecular formula is C14H17FN4O2. The number of carboxylic acids is 1. The number of carboxylic acid groups (broad SMARTS) is 1. The van der Waals surface area contributed by atoms with Crippen molar-refractivity contribution in [2.45, 2.75) is 19.9 Å². The first kappa shape index (κ1) is 14.8. The Kier molecular flexibility index (Phi) is 4.11. The van der Waals surface area contributed by atoms with Gasteiger partial charge in [0.15, 0.2) is 0 Å². The van der Waals surface area contributed by atoms with Crippen molar-refractivity contribution in [3.63, 3.8) is 0 Å². The van der Waals surface area contributed by atoms with Gasteiger partial charge in [0.25, 0.3) is 0 Å². The lowest BCUT2D eigenvalue weighted by Crippen LogP contribution is -2.08. The predicted octanol–water partition coefficient (Wildman–Crippen LogP) is 2.01. The Hall–Kier alpha value is -2.57. The van der Waals surface area contributed by atoms with Crippen LogP contribution in [-0.2, 0) is 20.0 Å². The third-order valence-corrected chi connectivity index (χ3v) is 3.17. The molecule has 0 saturated carbocycles. The van der Waals surface area contributed by atoms with E-state index in [0.717, 1.165) is 23.7 Å². The van der Waals surface area contributed by atoms with Crippen LogP contribution in [0.15, 0.2) is 18.3 Å². The van der Waals surface area contributed by atoms with E-state index in [0.29, 0.717) is 6.54 Å². The number of hydrogen-bond donors (Lipinski definition) is 3. The molecule has 6 nitrogen and oxygen atoms in total. The quantitative estimate of drug-likeness (QED) is 0.733. The minimum absolute atomic E-state index is 0.0961. The Balaban J connectivity index is 2.23. The smallest absolute Gasteiger partial charge is 0.337 e. The maximum absolute atomic E-state index is 13.8. The lowest BCUT2D eigenvalue weighted by Gasteiger charge is -2.10. The molecule has 0 spiro atoms. The molecule has 0 bridgehead atoms. The third kappa shape index (κ3) is 3.13. The Morgan fingerprint density at radius 1 is 1.52 bits per heavy atom. The first-order chi connectivity index (χ1) is 9.92. The Bertz CT molecular complexity index is 682. The van der Waals surface area contributed by atoms with E-state index in [9.17, 15) is 9.18 Å². The van der Waals surface area contributed by atoms with Crippen LogP contribution in [0.2, 0.25) is 0 Å². The lowest BCUT2D eigenvalue weighted by atomic mass is 10.1. The van der Waals surface area contributed by atoms with Crippen molar-refractivity contribution in [1.82, 2.24) is 9.78 Å². The van der Waals surface area contributed by atoms with Crippen molar-refractivity contribution in [1.29, 1.82) is 0 Å². The summed E-state index contributed by atoms with van der Waals surface area (Å²) in [4.78, 5) is 11.0. The molecule has 1 heterocycles. The predicted molar refractivity (Wildman–Crippen MR) is 77.7 cm³/mol. The molecule has 0 saturated heterocycles. The highest BCUT2D eigenvalue weighted by molar-refractivity contribution is 5.94. The largest absolute Gasteiger partial charge is 0.478 e. The topological polar surface area (TPSA) is 93.2 Å². The maximum atomic E-state index is 13.8. The van der Waals surface area contributed by atoms with Crippen LogP contribution in [0.3, 0.4) is 0 Å². The van der Waals surface area contributed by atoms with Gasteiger partial charge in [0.2, 0.25) is 0 Å². The summed E-state index contributed by atoms with van der Waals surface area (Å²) in [5.74, 6) is -1.77. The molecule has 7 heteroatoms. The second-order valence-electron chi connectivity index (χ2n) is 4.71. The minimum atomic E-state index is -1.19. The van der Waals surface area contributed by atoms with Crippen LogP contribution in [0.5, 0.6) is 0 Å². The molecule has 4 N–H and O–H groups in total. The maximum Gasteiger partial charge on any atom is 0.337 e. The van der Waals surface area contributed by atoms with Gasteiger partial charge in [-0.2, -0.15) is 5.10 Å². The lowest BCUT2D eigenvalue weighted by molar-refractivity contribution is 0.0698. The fourth-order valence-electron chi connectivity index (χ4n) is 2.13. The van der Waals surface area contributed by atoms with Crippen molar-refractivity contribution in [2.24, 2.45) is 7.05 Å². The molecule has 1 aromatic carbocycles. The van der Waals surface area contributed by atoms with Crippen LogP contribution < -0.4 is 11.1 Å². The number of aryl methyl sites for hydroxylation is 2. The summed E-state index contributed by atoms with van der Waals surface area (Å²) in [5.41, 5.74) is 7.22. The van der Waals surface area contributed by atoms with E-state index in [4.69, 9.17) is 10.8 Å². The van der Waals surface area contributed by atoms with Crippen LogP contribution >= 0.6 is 0 Å². The second-order valence-corrected chi connectivity index (χ2v) is 4.71. The molecule has 0 fully saturated rings. The third-order valence-electron chi connectivity index (χ3n) is 3.17. The number of aromatic carboxylic acids is 1. The van der Waals surface area contributed by atoms with Gasteiger partial charge < -0.3 is 16.2 Å². The Morgan fingerprint density at radius 3 is 2.86 bits per heavy atom. The molecule has 0 aliphatic carbocycles. The van der Waals surface area contributed by atoms with E-state index >= 15 is 0 Å². The highest BCUT2D eigenvalue weighted by atomic mass is 19.1. The Morgan fingerprint density at radius 2 is 2.24 bits per heavy atom. The zero-order chi connectivity index (χ0) is 15.6. The molecule has 1 aromatic heterocycles. The van der Waals surface area contributed by atoms with Crippen molar-refractivity contribution in [3.05, 3.63) is 41.0 Å². The molecule has 0 aliphatic heterocycles. The van der Waals surface area contributed by atoms with Crippen molar-refractivity contribution < 1.29 is 14.3 Å². The summed E-state index contributed by atoms with van der Waals surface area (Å²) in [6.45, 7) is 2.34. The van der Waals surface area contributed by atoms with Crippen LogP contribution in [0.1, 0.15) is 28.5 Å². The fraction of sp³-hybridized carbons (Fsp3) is 0.286. The molecule has 0 amide bonds. The summed E-state index contributed by atoms with van der Waals surface area (Å²) in [5, 5.41) is 16.2. The van der Waals surface area contributed by atoms with Gasteiger partial charge in [-0.3, -0.25) is 4.68 Å². The number of nitrogens with two attached hydrogens (primary N) is 1. The molecule has 0 atom stereocenters. The summed E-state index contributed by atoms with van der Waals surface area (Å²) in [7, 11) is 1.81.